The van der Waals surface area contributed by atoms with E-state index in [0.717, 1.165) is 39.3 Å². The van der Waals surface area contributed by atoms with Gasteiger partial charge >= 0.3 is 0 Å². The molecule has 0 radical (unpaired) electrons. The number of carbonyl (C=O) groups is 1. The Kier molecular flexibility index (Phi) is 5.27. The number of benzene rings is 2. The maximum absolute atomic E-state index is 13.2. The molecule has 0 saturated heterocycles. The fourth-order valence-corrected chi connectivity index (χ4v) is 5.92. The number of aromatic nitrogens is 2. The van der Waals surface area contributed by atoms with E-state index < -0.39 is 0 Å². The van der Waals surface area contributed by atoms with Crippen molar-refractivity contribution in [1.29, 1.82) is 0 Å². The second-order valence-electron chi connectivity index (χ2n) is 7.41. The molecule has 150 valence electrons. The zero-order valence-corrected chi connectivity index (χ0v) is 18.2. The summed E-state index contributed by atoms with van der Waals surface area (Å²) in [5.41, 5.74) is 4.88. The quantitative estimate of drug-likeness (QED) is 0.320. The minimum Gasteiger partial charge on any atom is -0.337 e. The van der Waals surface area contributed by atoms with Crippen molar-refractivity contribution >= 4 is 39.2 Å². The smallest absolute Gasteiger partial charge is 0.236 e. The first kappa shape index (κ1) is 19.3. The molecule has 1 unspecified atom stereocenters. The van der Waals surface area contributed by atoms with Crippen LogP contribution in [0.25, 0.3) is 21.3 Å². The highest BCUT2D eigenvalue weighted by atomic mass is 32.2. The molecule has 2 aromatic carbocycles. The third-order valence-corrected chi connectivity index (χ3v) is 7.47. The van der Waals surface area contributed by atoms with E-state index in [-0.39, 0.29) is 11.2 Å². The number of thiophene rings is 1. The van der Waals surface area contributed by atoms with E-state index in [0.29, 0.717) is 6.54 Å². The highest BCUT2D eigenvalue weighted by molar-refractivity contribution is 8.00. The molecule has 1 aliphatic heterocycles. The number of fused-ring (bicyclic) bond motifs is 2. The molecule has 30 heavy (non-hydrogen) atoms. The van der Waals surface area contributed by atoms with Crippen LogP contribution in [0.3, 0.4) is 0 Å². The van der Waals surface area contributed by atoms with Crippen molar-refractivity contribution in [3.05, 3.63) is 77.4 Å². The fourth-order valence-electron chi connectivity index (χ4n) is 3.93. The Bertz CT molecular complexity index is 1210. The SMILES string of the molecule is CC(Sc1ncnc2scc(-c3ccccc3)c12)C(=O)N1CCc2ccccc2C1. The van der Waals surface area contributed by atoms with E-state index in [1.165, 1.54) is 22.9 Å². The molecule has 0 N–H and O–H groups in total. The van der Waals surface area contributed by atoms with E-state index in [1.807, 2.05) is 36.1 Å². The standard InChI is InChI=1S/C24H21N3OS2/c1-16(24(28)27-12-11-17-7-5-6-10-19(17)13-27)30-23-21-20(18-8-3-2-4-9-18)14-29-22(21)25-15-26-23/h2-10,14-16H,11-13H2,1H3. The van der Waals surface area contributed by atoms with Gasteiger partial charge in [0, 0.05) is 24.0 Å². The molecule has 0 spiro atoms. The number of carbonyl (C=O) groups excluding carboxylic acids is 1. The molecule has 6 heteroatoms. The summed E-state index contributed by atoms with van der Waals surface area (Å²) in [6, 6.07) is 18.7. The largest absolute Gasteiger partial charge is 0.337 e. The number of thioether (sulfide) groups is 1. The highest BCUT2D eigenvalue weighted by Crippen LogP contribution is 2.39. The summed E-state index contributed by atoms with van der Waals surface area (Å²) in [6.45, 7) is 3.44. The lowest BCUT2D eigenvalue weighted by Gasteiger charge is -2.30. The molecule has 2 aromatic heterocycles. The Morgan fingerprint density at radius 3 is 2.67 bits per heavy atom. The topological polar surface area (TPSA) is 46.1 Å². The van der Waals surface area contributed by atoms with Gasteiger partial charge < -0.3 is 4.90 Å². The van der Waals surface area contributed by atoms with Crippen LogP contribution < -0.4 is 0 Å². The van der Waals surface area contributed by atoms with Gasteiger partial charge in [0.1, 0.15) is 16.2 Å². The zero-order chi connectivity index (χ0) is 20.5. The number of nitrogens with zero attached hydrogens (tertiary/aromatic N) is 3. The lowest BCUT2D eigenvalue weighted by Crippen LogP contribution is -2.40. The summed E-state index contributed by atoms with van der Waals surface area (Å²) in [6.07, 6.45) is 2.52. The van der Waals surface area contributed by atoms with Crippen molar-refractivity contribution in [3.8, 4) is 11.1 Å². The number of rotatable bonds is 4. The first-order valence-corrected chi connectivity index (χ1v) is 11.8. The van der Waals surface area contributed by atoms with Gasteiger partial charge in [-0.25, -0.2) is 9.97 Å². The third-order valence-electron chi connectivity index (χ3n) is 5.50. The third kappa shape index (κ3) is 3.61. The lowest BCUT2D eigenvalue weighted by atomic mass is 10.00. The van der Waals surface area contributed by atoms with Gasteiger partial charge in [0.25, 0.3) is 0 Å². The van der Waals surface area contributed by atoms with Crippen molar-refractivity contribution < 1.29 is 4.79 Å². The van der Waals surface area contributed by atoms with Gasteiger partial charge in [0.05, 0.1) is 10.6 Å². The summed E-state index contributed by atoms with van der Waals surface area (Å²) < 4.78 is 0. The minimum atomic E-state index is -0.211. The Labute approximate surface area is 184 Å². The Balaban J connectivity index is 1.41. The van der Waals surface area contributed by atoms with E-state index in [9.17, 15) is 4.79 Å². The molecule has 1 atom stereocenters. The monoisotopic (exact) mass is 431 g/mol. The summed E-state index contributed by atoms with van der Waals surface area (Å²) in [4.78, 5) is 25.1. The molecule has 0 bridgehead atoms. The molecule has 1 amide bonds. The number of hydrogen-bond donors (Lipinski definition) is 0. The number of amides is 1. The predicted octanol–water partition coefficient (Wildman–Crippen LogP) is 5.42. The van der Waals surface area contributed by atoms with Gasteiger partial charge in [-0.15, -0.1) is 11.3 Å². The zero-order valence-electron chi connectivity index (χ0n) is 16.6. The first-order chi connectivity index (χ1) is 14.7. The van der Waals surface area contributed by atoms with Crippen LogP contribution in [0.15, 0.2) is 71.3 Å². The Hall–Kier alpha value is -2.70. The van der Waals surface area contributed by atoms with Crippen molar-refractivity contribution in [3.63, 3.8) is 0 Å². The summed E-state index contributed by atoms with van der Waals surface area (Å²) in [5.74, 6) is 0.165. The molecule has 4 aromatic rings. The van der Waals surface area contributed by atoms with Crippen LogP contribution in [0.2, 0.25) is 0 Å². The van der Waals surface area contributed by atoms with E-state index >= 15 is 0 Å². The summed E-state index contributed by atoms with van der Waals surface area (Å²) in [7, 11) is 0. The maximum Gasteiger partial charge on any atom is 0.236 e. The van der Waals surface area contributed by atoms with Gasteiger partial charge in [-0.1, -0.05) is 66.4 Å². The van der Waals surface area contributed by atoms with Crippen LogP contribution in [0.4, 0.5) is 0 Å². The van der Waals surface area contributed by atoms with Crippen LogP contribution in [0, 0.1) is 0 Å². The molecule has 5 rings (SSSR count). The molecular formula is C24H21N3OS2. The van der Waals surface area contributed by atoms with Crippen molar-refractivity contribution in [2.45, 2.75) is 30.2 Å². The van der Waals surface area contributed by atoms with E-state index in [1.54, 1.807) is 17.7 Å². The van der Waals surface area contributed by atoms with Crippen LogP contribution in [-0.4, -0.2) is 32.6 Å². The molecule has 4 nitrogen and oxygen atoms in total. The molecule has 1 aliphatic rings. The Morgan fingerprint density at radius 1 is 1.07 bits per heavy atom. The average molecular weight is 432 g/mol. The van der Waals surface area contributed by atoms with E-state index in [4.69, 9.17) is 0 Å². The summed E-state index contributed by atoms with van der Waals surface area (Å²) in [5, 5.41) is 3.84. The van der Waals surface area contributed by atoms with Gasteiger partial charge in [-0.3, -0.25) is 4.79 Å². The van der Waals surface area contributed by atoms with Gasteiger partial charge in [-0.2, -0.15) is 0 Å². The van der Waals surface area contributed by atoms with Gasteiger partial charge in [-0.05, 0) is 30.0 Å². The van der Waals surface area contributed by atoms with Crippen molar-refractivity contribution in [1.82, 2.24) is 14.9 Å². The predicted molar refractivity (Wildman–Crippen MR) is 124 cm³/mol. The maximum atomic E-state index is 13.2. The lowest BCUT2D eigenvalue weighted by molar-refractivity contribution is -0.131. The average Bonchev–Trinajstić information content (AvgIpc) is 3.24. The summed E-state index contributed by atoms with van der Waals surface area (Å²) >= 11 is 3.15. The number of hydrogen-bond acceptors (Lipinski definition) is 5. The van der Waals surface area contributed by atoms with Crippen LogP contribution in [-0.2, 0) is 17.8 Å². The van der Waals surface area contributed by atoms with Crippen LogP contribution in [0.1, 0.15) is 18.1 Å². The van der Waals surface area contributed by atoms with Crippen LogP contribution in [0.5, 0.6) is 0 Å². The van der Waals surface area contributed by atoms with Crippen molar-refractivity contribution in [2.24, 2.45) is 0 Å². The van der Waals surface area contributed by atoms with E-state index in [2.05, 4.69) is 45.7 Å². The van der Waals surface area contributed by atoms with Crippen molar-refractivity contribution in [2.75, 3.05) is 6.54 Å². The minimum absolute atomic E-state index is 0.165. The second kappa shape index (κ2) is 8.20. The molecule has 0 aliphatic carbocycles. The second-order valence-corrected chi connectivity index (χ2v) is 9.60. The van der Waals surface area contributed by atoms with Crippen LogP contribution >= 0.6 is 23.1 Å². The Morgan fingerprint density at radius 2 is 1.83 bits per heavy atom. The first-order valence-electron chi connectivity index (χ1n) is 10.0. The molecule has 0 fully saturated rings. The molecule has 3 heterocycles. The van der Waals surface area contributed by atoms with Gasteiger partial charge in [0.2, 0.25) is 5.91 Å². The molecule has 0 saturated carbocycles. The highest BCUT2D eigenvalue weighted by Gasteiger charge is 2.26. The fraction of sp³-hybridized carbons (Fsp3) is 0.208. The molecular weight excluding hydrogens is 410 g/mol. The normalized spacial score (nSPS) is 14.5. The van der Waals surface area contributed by atoms with Gasteiger partial charge in [0.15, 0.2) is 0 Å².